The van der Waals surface area contributed by atoms with E-state index in [0.29, 0.717) is 24.2 Å². The second kappa shape index (κ2) is 5.08. The third kappa shape index (κ3) is 2.48. The Bertz CT molecular complexity index is 302. The monoisotopic (exact) mass is 251 g/mol. The average molecular weight is 251 g/mol. The summed E-state index contributed by atoms with van der Waals surface area (Å²) in [5, 5.41) is 6.82. The van der Waals surface area contributed by atoms with Gasteiger partial charge in [-0.15, -0.1) is 0 Å². The molecule has 4 heteroatoms. The van der Waals surface area contributed by atoms with Crippen LogP contribution in [0.4, 0.5) is 4.79 Å². The molecule has 4 nitrogen and oxygen atoms in total. The summed E-state index contributed by atoms with van der Waals surface area (Å²) in [6, 6.07) is 2.31. The zero-order chi connectivity index (χ0) is 12.5. The highest BCUT2D eigenvalue weighted by molar-refractivity contribution is 5.74. The lowest BCUT2D eigenvalue weighted by molar-refractivity contribution is 0.162. The molecule has 18 heavy (non-hydrogen) atoms. The molecule has 2 saturated heterocycles. The summed E-state index contributed by atoms with van der Waals surface area (Å²) < 4.78 is 0. The number of hydrogen-bond donors (Lipinski definition) is 2. The number of urea groups is 1. The molecule has 3 aliphatic rings. The Morgan fingerprint density at radius 1 is 1.11 bits per heavy atom. The van der Waals surface area contributed by atoms with Crippen LogP contribution in [0.15, 0.2) is 0 Å². The van der Waals surface area contributed by atoms with E-state index in [1.165, 1.54) is 25.7 Å². The Labute approximate surface area is 109 Å². The highest BCUT2D eigenvalue weighted by Crippen LogP contribution is 2.29. The van der Waals surface area contributed by atoms with Crippen molar-refractivity contribution in [3.05, 3.63) is 0 Å². The third-order valence-electron chi connectivity index (χ3n) is 5.00. The minimum atomic E-state index is 0.146. The maximum atomic E-state index is 12.2. The number of piperidine rings is 1. The van der Waals surface area contributed by atoms with E-state index in [2.05, 4.69) is 10.6 Å². The molecule has 3 fully saturated rings. The van der Waals surface area contributed by atoms with Crippen LogP contribution in [-0.2, 0) is 0 Å². The van der Waals surface area contributed by atoms with Gasteiger partial charge in [0.25, 0.3) is 0 Å². The van der Waals surface area contributed by atoms with Crippen molar-refractivity contribution in [1.29, 1.82) is 0 Å². The summed E-state index contributed by atoms with van der Waals surface area (Å²) in [5.41, 5.74) is 0. The van der Waals surface area contributed by atoms with Crippen LogP contribution in [0.25, 0.3) is 0 Å². The minimum Gasteiger partial charge on any atom is -0.335 e. The van der Waals surface area contributed by atoms with Crippen LogP contribution in [0.5, 0.6) is 0 Å². The van der Waals surface area contributed by atoms with Crippen molar-refractivity contribution in [2.75, 3.05) is 7.05 Å². The van der Waals surface area contributed by atoms with Crippen LogP contribution in [0.2, 0.25) is 0 Å². The van der Waals surface area contributed by atoms with Gasteiger partial charge in [-0.1, -0.05) is 12.8 Å². The Balaban J connectivity index is 1.53. The molecule has 2 unspecified atom stereocenters. The molecule has 2 amide bonds. The van der Waals surface area contributed by atoms with Gasteiger partial charge in [0, 0.05) is 31.2 Å². The lowest BCUT2D eigenvalue weighted by Gasteiger charge is -2.36. The predicted molar refractivity (Wildman–Crippen MR) is 71.5 cm³/mol. The number of carbonyl (C=O) groups excluding carboxylic acids is 1. The molecule has 0 aromatic heterocycles. The van der Waals surface area contributed by atoms with Gasteiger partial charge in [-0.05, 0) is 38.5 Å². The summed E-state index contributed by atoms with van der Waals surface area (Å²) in [5.74, 6) is 0. The van der Waals surface area contributed by atoms with Gasteiger partial charge in [0.05, 0.1) is 0 Å². The van der Waals surface area contributed by atoms with Gasteiger partial charge in [0.15, 0.2) is 0 Å². The van der Waals surface area contributed by atoms with Gasteiger partial charge in [0.1, 0.15) is 0 Å². The van der Waals surface area contributed by atoms with Gasteiger partial charge >= 0.3 is 6.03 Å². The summed E-state index contributed by atoms with van der Waals surface area (Å²) in [6.45, 7) is 0. The van der Waals surface area contributed by atoms with Crippen molar-refractivity contribution in [3.63, 3.8) is 0 Å². The molecule has 1 aliphatic carbocycles. The lowest BCUT2D eigenvalue weighted by Crippen LogP contribution is -2.52. The highest BCUT2D eigenvalue weighted by Gasteiger charge is 2.36. The SMILES string of the molecule is CN(C(=O)NC1CCCC1)C1CC2CCC(C1)N2. The third-order valence-corrected chi connectivity index (χ3v) is 5.00. The van der Waals surface area contributed by atoms with Crippen LogP contribution in [0.1, 0.15) is 51.4 Å². The van der Waals surface area contributed by atoms with Crippen molar-refractivity contribution >= 4 is 6.03 Å². The summed E-state index contributed by atoms with van der Waals surface area (Å²) in [6.07, 6.45) is 9.71. The van der Waals surface area contributed by atoms with E-state index >= 15 is 0 Å². The molecule has 0 aromatic carbocycles. The normalized spacial score (nSPS) is 35.7. The summed E-state index contributed by atoms with van der Waals surface area (Å²) >= 11 is 0. The van der Waals surface area contributed by atoms with Gasteiger partial charge in [0.2, 0.25) is 0 Å². The van der Waals surface area contributed by atoms with Crippen molar-refractivity contribution in [3.8, 4) is 0 Å². The standard InChI is InChI=1S/C14H25N3O/c1-17(14(18)16-10-4-2-3-5-10)13-8-11-6-7-12(9-13)15-11/h10-13,15H,2-9H2,1H3,(H,16,18). The second-order valence-corrected chi connectivity index (χ2v) is 6.30. The number of rotatable bonds is 2. The summed E-state index contributed by atoms with van der Waals surface area (Å²) in [4.78, 5) is 14.2. The van der Waals surface area contributed by atoms with Gasteiger partial charge < -0.3 is 15.5 Å². The smallest absolute Gasteiger partial charge is 0.317 e. The Kier molecular flexibility index (Phi) is 3.46. The van der Waals surface area contributed by atoms with E-state index < -0.39 is 0 Å². The van der Waals surface area contributed by atoms with E-state index in [4.69, 9.17) is 0 Å². The molecule has 0 spiro atoms. The van der Waals surface area contributed by atoms with Crippen LogP contribution in [-0.4, -0.2) is 42.1 Å². The molecule has 2 atom stereocenters. The van der Waals surface area contributed by atoms with E-state index in [-0.39, 0.29) is 6.03 Å². The first-order chi connectivity index (χ1) is 8.72. The molecular weight excluding hydrogens is 226 g/mol. The number of amides is 2. The quantitative estimate of drug-likeness (QED) is 0.786. The lowest BCUT2D eigenvalue weighted by atomic mass is 9.99. The van der Waals surface area contributed by atoms with Crippen molar-refractivity contribution in [1.82, 2.24) is 15.5 Å². The average Bonchev–Trinajstić information content (AvgIpc) is 2.98. The van der Waals surface area contributed by atoms with Gasteiger partial charge in [-0.2, -0.15) is 0 Å². The number of hydrogen-bond acceptors (Lipinski definition) is 2. The largest absolute Gasteiger partial charge is 0.335 e. The molecule has 2 N–H and O–H groups in total. The molecule has 0 aromatic rings. The van der Waals surface area contributed by atoms with Crippen LogP contribution < -0.4 is 10.6 Å². The fourth-order valence-corrected chi connectivity index (χ4v) is 3.86. The Hall–Kier alpha value is -0.770. The first kappa shape index (κ1) is 12.3. The first-order valence-electron chi connectivity index (χ1n) is 7.52. The fraction of sp³-hybridized carbons (Fsp3) is 0.929. The minimum absolute atomic E-state index is 0.146. The molecule has 1 saturated carbocycles. The number of nitrogens with zero attached hydrogens (tertiary/aromatic N) is 1. The van der Waals surface area contributed by atoms with Gasteiger partial charge in [-0.25, -0.2) is 4.79 Å². The molecule has 2 bridgehead atoms. The molecular formula is C14H25N3O. The van der Waals surface area contributed by atoms with Gasteiger partial charge in [-0.3, -0.25) is 0 Å². The van der Waals surface area contributed by atoms with Crippen LogP contribution in [0, 0.1) is 0 Å². The maximum absolute atomic E-state index is 12.2. The second-order valence-electron chi connectivity index (χ2n) is 6.30. The summed E-state index contributed by atoms with van der Waals surface area (Å²) in [7, 11) is 1.97. The van der Waals surface area contributed by atoms with Crippen LogP contribution in [0.3, 0.4) is 0 Å². The number of fused-ring (bicyclic) bond motifs is 2. The van der Waals surface area contributed by atoms with E-state index in [1.807, 2.05) is 11.9 Å². The highest BCUT2D eigenvalue weighted by atomic mass is 16.2. The van der Waals surface area contributed by atoms with Crippen LogP contribution >= 0.6 is 0 Å². The topological polar surface area (TPSA) is 44.4 Å². The molecule has 2 aliphatic heterocycles. The molecule has 2 heterocycles. The zero-order valence-electron chi connectivity index (χ0n) is 11.3. The molecule has 0 radical (unpaired) electrons. The van der Waals surface area contributed by atoms with E-state index in [9.17, 15) is 4.79 Å². The van der Waals surface area contributed by atoms with E-state index in [1.54, 1.807) is 0 Å². The van der Waals surface area contributed by atoms with E-state index in [0.717, 1.165) is 25.7 Å². The number of carbonyl (C=O) groups is 1. The molecule has 102 valence electrons. The van der Waals surface area contributed by atoms with Crippen molar-refractivity contribution in [2.24, 2.45) is 0 Å². The first-order valence-corrected chi connectivity index (χ1v) is 7.52. The number of nitrogens with one attached hydrogen (secondary N) is 2. The van der Waals surface area contributed by atoms with Crippen molar-refractivity contribution < 1.29 is 4.79 Å². The Morgan fingerprint density at radius 2 is 1.72 bits per heavy atom. The Morgan fingerprint density at radius 3 is 2.33 bits per heavy atom. The predicted octanol–water partition coefficient (Wildman–Crippen LogP) is 1.85. The maximum Gasteiger partial charge on any atom is 0.317 e. The molecule has 3 rings (SSSR count). The van der Waals surface area contributed by atoms with Crippen molar-refractivity contribution in [2.45, 2.75) is 75.5 Å². The fourth-order valence-electron chi connectivity index (χ4n) is 3.86. The zero-order valence-corrected chi connectivity index (χ0v) is 11.3.